The summed E-state index contributed by atoms with van der Waals surface area (Å²) in [5, 5.41) is 12.8. The van der Waals surface area contributed by atoms with E-state index in [2.05, 4.69) is 17.2 Å². The van der Waals surface area contributed by atoms with Gasteiger partial charge >= 0.3 is 0 Å². The minimum Gasteiger partial charge on any atom is -0.496 e. The lowest BCUT2D eigenvalue weighted by atomic mass is 10.2. The largest absolute Gasteiger partial charge is 0.496 e. The van der Waals surface area contributed by atoms with E-state index in [0.29, 0.717) is 16.2 Å². The standard InChI is InChI=1S/C15H12FNO3S/c1-20-11-8-14(21-9-11)15(19)17-13-5-4-10(3-2-6-18)7-12(13)16/h4-5,7-9,18H,6H2,1H3,(H,17,19). The number of benzene rings is 1. The Kier molecular flexibility index (Phi) is 4.93. The van der Waals surface area contributed by atoms with Crippen LogP contribution in [0.1, 0.15) is 15.2 Å². The monoisotopic (exact) mass is 305 g/mol. The van der Waals surface area contributed by atoms with Crippen LogP contribution in [0.5, 0.6) is 5.75 Å². The van der Waals surface area contributed by atoms with Gasteiger partial charge in [-0.05, 0) is 18.2 Å². The molecule has 21 heavy (non-hydrogen) atoms. The molecule has 1 aromatic carbocycles. The molecular formula is C15H12FNO3S. The Balaban J connectivity index is 2.14. The zero-order valence-corrected chi connectivity index (χ0v) is 12.0. The first-order chi connectivity index (χ1) is 10.1. The number of aliphatic hydroxyl groups is 1. The van der Waals surface area contributed by atoms with Gasteiger partial charge in [-0.3, -0.25) is 4.79 Å². The third kappa shape index (κ3) is 3.81. The van der Waals surface area contributed by atoms with Gasteiger partial charge in [-0.2, -0.15) is 0 Å². The van der Waals surface area contributed by atoms with E-state index >= 15 is 0 Å². The first-order valence-corrected chi connectivity index (χ1v) is 6.85. The number of carbonyl (C=O) groups is 1. The molecule has 1 aromatic heterocycles. The number of nitrogens with one attached hydrogen (secondary N) is 1. The van der Waals surface area contributed by atoms with Crippen LogP contribution in [0.3, 0.4) is 0 Å². The fourth-order valence-corrected chi connectivity index (χ4v) is 2.31. The minimum absolute atomic E-state index is 0.0712. The van der Waals surface area contributed by atoms with Gasteiger partial charge in [0.1, 0.15) is 18.2 Å². The lowest BCUT2D eigenvalue weighted by Crippen LogP contribution is -2.11. The Morgan fingerprint density at radius 2 is 2.29 bits per heavy atom. The highest BCUT2D eigenvalue weighted by Crippen LogP contribution is 2.23. The van der Waals surface area contributed by atoms with E-state index in [1.807, 2.05) is 0 Å². The van der Waals surface area contributed by atoms with Crippen LogP contribution in [0.25, 0.3) is 0 Å². The van der Waals surface area contributed by atoms with Crippen LogP contribution in [0.15, 0.2) is 29.6 Å². The lowest BCUT2D eigenvalue weighted by Gasteiger charge is -2.05. The number of hydrogen-bond donors (Lipinski definition) is 2. The highest BCUT2D eigenvalue weighted by molar-refractivity contribution is 7.12. The van der Waals surface area contributed by atoms with Crippen molar-refractivity contribution in [3.05, 3.63) is 45.9 Å². The molecule has 0 saturated heterocycles. The second kappa shape index (κ2) is 6.88. The van der Waals surface area contributed by atoms with Gasteiger partial charge < -0.3 is 15.2 Å². The number of halogens is 1. The fourth-order valence-electron chi connectivity index (χ4n) is 1.56. The molecule has 0 radical (unpaired) electrons. The summed E-state index contributed by atoms with van der Waals surface area (Å²) < 4.78 is 18.9. The van der Waals surface area contributed by atoms with Crippen molar-refractivity contribution in [1.82, 2.24) is 0 Å². The predicted octanol–water partition coefficient (Wildman–Crippen LogP) is 2.49. The first kappa shape index (κ1) is 15.0. The van der Waals surface area contributed by atoms with Crippen LogP contribution < -0.4 is 10.1 Å². The zero-order chi connectivity index (χ0) is 15.2. The molecule has 0 saturated carbocycles. The molecule has 108 valence electrons. The highest BCUT2D eigenvalue weighted by atomic mass is 32.1. The van der Waals surface area contributed by atoms with E-state index < -0.39 is 11.7 Å². The molecule has 1 amide bonds. The number of carbonyl (C=O) groups excluding carboxylic acids is 1. The van der Waals surface area contributed by atoms with Crippen molar-refractivity contribution in [2.24, 2.45) is 0 Å². The van der Waals surface area contributed by atoms with E-state index in [1.165, 1.54) is 30.6 Å². The van der Waals surface area contributed by atoms with E-state index in [0.717, 1.165) is 0 Å². The molecule has 0 aliphatic carbocycles. The van der Waals surface area contributed by atoms with E-state index in [4.69, 9.17) is 9.84 Å². The number of anilines is 1. The van der Waals surface area contributed by atoms with Gasteiger partial charge in [-0.15, -0.1) is 11.3 Å². The number of ether oxygens (including phenoxy) is 1. The molecule has 2 N–H and O–H groups in total. The van der Waals surface area contributed by atoms with Crippen molar-refractivity contribution >= 4 is 22.9 Å². The topological polar surface area (TPSA) is 58.6 Å². The molecule has 1 heterocycles. The van der Waals surface area contributed by atoms with E-state index in [9.17, 15) is 9.18 Å². The summed E-state index contributed by atoms with van der Waals surface area (Å²) in [6.07, 6.45) is 0. The average Bonchev–Trinajstić information content (AvgIpc) is 2.96. The number of aliphatic hydroxyl groups excluding tert-OH is 1. The molecule has 0 aliphatic rings. The van der Waals surface area contributed by atoms with E-state index in [-0.39, 0.29) is 12.3 Å². The van der Waals surface area contributed by atoms with Crippen LogP contribution in [-0.4, -0.2) is 24.7 Å². The average molecular weight is 305 g/mol. The van der Waals surface area contributed by atoms with Gasteiger partial charge in [0.25, 0.3) is 5.91 Å². The zero-order valence-electron chi connectivity index (χ0n) is 11.1. The van der Waals surface area contributed by atoms with Crippen molar-refractivity contribution in [3.63, 3.8) is 0 Å². The molecule has 0 fully saturated rings. The molecule has 6 heteroatoms. The maximum Gasteiger partial charge on any atom is 0.265 e. The molecule has 0 atom stereocenters. The number of amides is 1. The highest BCUT2D eigenvalue weighted by Gasteiger charge is 2.12. The van der Waals surface area contributed by atoms with Gasteiger partial charge in [-0.1, -0.05) is 11.8 Å². The van der Waals surface area contributed by atoms with Crippen molar-refractivity contribution in [2.75, 3.05) is 19.0 Å². The molecule has 0 aliphatic heterocycles. The lowest BCUT2D eigenvalue weighted by molar-refractivity contribution is 0.103. The van der Waals surface area contributed by atoms with Crippen LogP contribution in [0.4, 0.5) is 10.1 Å². The minimum atomic E-state index is -0.586. The van der Waals surface area contributed by atoms with Gasteiger partial charge in [0, 0.05) is 17.0 Å². The number of thiophene rings is 1. The van der Waals surface area contributed by atoms with Crippen molar-refractivity contribution < 1.29 is 19.0 Å². The molecule has 2 aromatic rings. The summed E-state index contributed by atoms with van der Waals surface area (Å²) in [5.74, 6) is 4.61. The molecule has 0 spiro atoms. The van der Waals surface area contributed by atoms with Gasteiger partial charge in [0.05, 0.1) is 17.7 Å². The fraction of sp³-hybridized carbons (Fsp3) is 0.133. The summed E-state index contributed by atoms with van der Waals surface area (Å²) in [5.41, 5.74) is 0.499. The Hall–Kier alpha value is -2.36. The molecule has 4 nitrogen and oxygen atoms in total. The van der Waals surface area contributed by atoms with Crippen molar-refractivity contribution in [1.29, 1.82) is 0 Å². The summed E-state index contributed by atoms with van der Waals surface area (Å²) in [4.78, 5) is 12.4. The van der Waals surface area contributed by atoms with E-state index in [1.54, 1.807) is 17.5 Å². The van der Waals surface area contributed by atoms with Crippen LogP contribution in [0.2, 0.25) is 0 Å². The summed E-state index contributed by atoms with van der Waals surface area (Å²) in [7, 11) is 1.51. The quantitative estimate of drug-likeness (QED) is 0.857. The first-order valence-electron chi connectivity index (χ1n) is 5.97. The third-order valence-corrected chi connectivity index (χ3v) is 3.47. The number of methoxy groups -OCH3 is 1. The van der Waals surface area contributed by atoms with Gasteiger partial charge in [0.15, 0.2) is 0 Å². The van der Waals surface area contributed by atoms with Gasteiger partial charge in [0.2, 0.25) is 0 Å². The maximum atomic E-state index is 13.9. The van der Waals surface area contributed by atoms with Gasteiger partial charge in [-0.25, -0.2) is 4.39 Å². The van der Waals surface area contributed by atoms with Crippen molar-refractivity contribution in [2.45, 2.75) is 0 Å². The Labute approximate surface area is 125 Å². The summed E-state index contributed by atoms with van der Waals surface area (Å²) >= 11 is 1.21. The maximum absolute atomic E-state index is 13.9. The third-order valence-electron chi connectivity index (χ3n) is 2.56. The van der Waals surface area contributed by atoms with Crippen molar-refractivity contribution in [3.8, 4) is 17.6 Å². The summed E-state index contributed by atoms with van der Waals surface area (Å²) in [6, 6.07) is 5.78. The predicted molar refractivity (Wildman–Crippen MR) is 79.2 cm³/mol. The SMILES string of the molecule is COc1csc(C(=O)Nc2ccc(C#CCO)cc2F)c1. The van der Waals surface area contributed by atoms with Crippen LogP contribution in [-0.2, 0) is 0 Å². The number of hydrogen-bond acceptors (Lipinski definition) is 4. The number of rotatable bonds is 3. The van der Waals surface area contributed by atoms with Crippen LogP contribution in [0, 0.1) is 17.7 Å². The molecule has 2 rings (SSSR count). The molecule has 0 bridgehead atoms. The molecule has 0 unspecified atom stereocenters. The Morgan fingerprint density at radius 3 is 2.90 bits per heavy atom. The second-order valence-electron chi connectivity index (χ2n) is 3.96. The Morgan fingerprint density at radius 1 is 1.48 bits per heavy atom. The second-order valence-corrected chi connectivity index (χ2v) is 4.87. The normalized spacial score (nSPS) is 9.67. The Bertz CT molecular complexity index is 715. The van der Waals surface area contributed by atoms with Crippen LogP contribution >= 0.6 is 11.3 Å². The smallest absolute Gasteiger partial charge is 0.265 e. The summed E-state index contributed by atoms with van der Waals surface area (Å²) in [6.45, 7) is -0.291. The molecular weight excluding hydrogens is 293 g/mol.